The Labute approximate surface area is 208 Å². The highest BCUT2D eigenvalue weighted by Gasteiger charge is 2.43. The fourth-order valence-electron chi connectivity index (χ4n) is 6.76. The van der Waals surface area contributed by atoms with Crippen LogP contribution >= 0.6 is 0 Å². The van der Waals surface area contributed by atoms with E-state index in [-0.39, 0.29) is 36.4 Å². The maximum absolute atomic E-state index is 15.5. The molecule has 3 aliphatic heterocycles. The Morgan fingerprint density at radius 3 is 2.64 bits per heavy atom. The molecule has 3 atom stereocenters. The van der Waals surface area contributed by atoms with Gasteiger partial charge in [-0.05, 0) is 68.6 Å². The lowest BCUT2D eigenvalue weighted by Crippen LogP contribution is -2.52. The van der Waals surface area contributed by atoms with E-state index in [4.69, 9.17) is 4.74 Å². The molecule has 0 radical (unpaired) electrons. The van der Waals surface area contributed by atoms with E-state index < -0.39 is 18.0 Å². The number of hydrogen-bond acceptors (Lipinski definition) is 5. The van der Waals surface area contributed by atoms with Crippen molar-refractivity contribution in [2.45, 2.75) is 75.1 Å². The number of aryl methyl sites for hydroxylation is 1. The summed E-state index contributed by atoms with van der Waals surface area (Å²) in [6.07, 6.45) is 5.06. The van der Waals surface area contributed by atoms with E-state index in [1.54, 1.807) is 17.8 Å². The average molecular weight is 502 g/mol. The van der Waals surface area contributed by atoms with Gasteiger partial charge in [-0.1, -0.05) is 0 Å². The van der Waals surface area contributed by atoms with Crippen LogP contribution in [0.2, 0.25) is 0 Å². The van der Waals surface area contributed by atoms with Gasteiger partial charge in [-0.15, -0.1) is 0 Å². The monoisotopic (exact) mass is 501 g/mol. The van der Waals surface area contributed by atoms with Gasteiger partial charge in [-0.25, -0.2) is 13.6 Å². The third-order valence-corrected chi connectivity index (χ3v) is 8.80. The quantitative estimate of drug-likeness (QED) is 0.693. The summed E-state index contributed by atoms with van der Waals surface area (Å²) in [7, 11) is 1.74. The maximum Gasteiger partial charge on any atom is 0.329 e. The second kappa shape index (κ2) is 9.06. The van der Waals surface area contributed by atoms with Crippen molar-refractivity contribution in [2.75, 3.05) is 31.1 Å². The summed E-state index contributed by atoms with van der Waals surface area (Å²) in [5, 5.41) is 7.23. The SMILES string of the molecule is Cn1nc(N2CCC(=O)NC2=O)c2cc(F)c(C3CCC(N4CCC5(CCCO5)CC4)C(F)C3)cc21. The average Bonchev–Trinajstić information content (AvgIpc) is 3.43. The molecule has 1 aliphatic carbocycles. The number of rotatable bonds is 3. The zero-order valence-corrected chi connectivity index (χ0v) is 20.6. The van der Waals surface area contributed by atoms with Crippen LogP contribution in [0.1, 0.15) is 62.8 Å². The van der Waals surface area contributed by atoms with Gasteiger partial charge in [0.15, 0.2) is 5.82 Å². The number of ether oxygens (including phenoxy) is 1. The van der Waals surface area contributed by atoms with Crippen LogP contribution in [0.5, 0.6) is 0 Å². The van der Waals surface area contributed by atoms with Gasteiger partial charge in [0, 0.05) is 51.1 Å². The van der Waals surface area contributed by atoms with Crippen molar-refractivity contribution in [1.29, 1.82) is 0 Å². The number of amides is 3. The van der Waals surface area contributed by atoms with Crippen LogP contribution < -0.4 is 10.2 Å². The Morgan fingerprint density at radius 2 is 1.94 bits per heavy atom. The Balaban J connectivity index is 1.18. The van der Waals surface area contributed by atoms with Gasteiger partial charge in [0.05, 0.1) is 11.1 Å². The summed E-state index contributed by atoms with van der Waals surface area (Å²) in [6.45, 7) is 2.76. The number of urea groups is 1. The maximum atomic E-state index is 15.5. The first kappa shape index (κ1) is 23.8. The first-order chi connectivity index (χ1) is 17.3. The molecule has 4 fully saturated rings. The standard InChI is InChI=1S/C26H33F2N5O3/c1-31-22-15-17(19(27)14-18(22)24(30-31)33-9-5-23(34)29-25(33)35)16-3-4-21(20(28)13-16)32-10-7-26(8-11-32)6-2-12-36-26/h14-16,20-21H,2-13H2,1H3,(H,29,34,35). The number of piperidine rings is 1. The van der Waals surface area contributed by atoms with E-state index in [9.17, 15) is 9.59 Å². The number of aromatic nitrogens is 2. The van der Waals surface area contributed by atoms with Gasteiger partial charge in [-0.3, -0.25) is 24.6 Å². The lowest BCUT2D eigenvalue weighted by molar-refractivity contribution is -0.120. The molecule has 3 saturated heterocycles. The number of carbonyl (C=O) groups excluding carboxylic acids is 2. The molecule has 4 aliphatic rings. The lowest BCUT2D eigenvalue weighted by Gasteiger charge is -2.45. The lowest BCUT2D eigenvalue weighted by atomic mass is 9.78. The van der Waals surface area contributed by atoms with Crippen molar-refractivity contribution in [3.8, 4) is 0 Å². The molecule has 194 valence electrons. The number of hydrogen-bond donors (Lipinski definition) is 1. The minimum Gasteiger partial charge on any atom is -0.375 e. The molecule has 1 aromatic heterocycles. The Hall–Kier alpha value is -2.59. The third-order valence-electron chi connectivity index (χ3n) is 8.80. The van der Waals surface area contributed by atoms with Gasteiger partial charge in [0.1, 0.15) is 12.0 Å². The Morgan fingerprint density at radius 1 is 1.14 bits per heavy atom. The van der Waals surface area contributed by atoms with E-state index in [0.717, 1.165) is 51.8 Å². The van der Waals surface area contributed by atoms with Crippen molar-refractivity contribution < 1.29 is 23.1 Å². The van der Waals surface area contributed by atoms with Gasteiger partial charge in [-0.2, -0.15) is 5.10 Å². The number of likely N-dealkylation sites (tertiary alicyclic amines) is 1. The number of halogens is 2. The number of carbonyl (C=O) groups is 2. The zero-order chi connectivity index (χ0) is 25.0. The molecule has 10 heteroatoms. The van der Waals surface area contributed by atoms with Crippen molar-refractivity contribution in [3.63, 3.8) is 0 Å². The van der Waals surface area contributed by atoms with Crippen molar-refractivity contribution in [1.82, 2.24) is 20.0 Å². The second-order valence-corrected chi connectivity index (χ2v) is 10.9. The highest BCUT2D eigenvalue weighted by atomic mass is 19.1. The number of alkyl halides is 1. The van der Waals surface area contributed by atoms with Gasteiger partial charge >= 0.3 is 6.03 Å². The fraction of sp³-hybridized carbons (Fsp3) is 0.654. The van der Waals surface area contributed by atoms with Gasteiger partial charge < -0.3 is 4.74 Å². The van der Waals surface area contributed by atoms with Crippen LogP contribution in [0.3, 0.4) is 0 Å². The first-order valence-corrected chi connectivity index (χ1v) is 13.1. The second-order valence-electron chi connectivity index (χ2n) is 10.9. The zero-order valence-electron chi connectivity index (χ0n) is 20.6. The molecule has 2 aromatic rings. The number of imide groups is 1. The van der Waals surface area contributed by atoms with E-state index in [2.05, 4.69) is 15.3 Å². The predicted octanol–water partition coefficient (Wildman–Crippen LogP) is 3.78. The summed E-state index contributed by atoms with van der Waals surface area (Å²) in [5.41, 5.74) is 1.21. The highest BCUT2D eigenvalue weighted by Crippen LogP contribution is 2.42. The van der Waals surface area contributed by atoms with Crippen molar-refractivity contribution in [2.24, 2.45) is 7.05 Å². The molecule has 1 aromatic carbocycles. The number of nitrogens with one attached hydrogen (secondary N) is 1. The van der Waals surface area contributed by atoms with E-state index >= 15 is 8.78 Å². The third kappa shape index (κ3) is 4.08. The van der Waals surface area contributed by atoms with Crippen molar-refractivity contribution in [3.05, 3.63) is 23.5 Å². The van der Waals surface area contributed by atoms with Crippen LogP contribution in [0, 0.1) is 5.82 Å². The number of benzene rings is 1. The molecule has 1 N–H and O–H groups in total. The highest BCUT2D eigenvalue weighted by molar-refractivity contribution is 6.08. The number of fused-ring (bicyclic) bond motifs is 1. The molecule has 6 rings (SSSR count). The predicted molar refractivity (Wildman–Crippen MR) is 130 cm³/mol. The summed E-state index contributed by atoms with van der Waals surface area (Å²) in [6, 6.07) is 2.49. The van der Waals surface area contributed by atoms with Gasteiger partial charge in [0.25, 0.3) is 0 Å². The van der Waals surface area contributed by atoms with E-state index in [1.165, 1.54) is 11.0 Å². The molecule has 1 spiro atoms. The fourth-order valence-corrected chi connectivity index (χ4v) is 6.76. The van der Waals surface area contributed by atoms with Crippen LogP contribution in [0.15, 0.2) is 12.1 Å². The Kier molecular flexibility index (Phi) is 5.99. The van der Waals surface area contributed by atoms with Crippen LogP contribution in [-0.4, -0.2) is 70.7 Å². The topological polar surface area (TPSA) is 79.7 Å². The van der Waals surface area contributed by atoms with Gasteiger partial charge in [0.2, 0.25) is 5.91 Å². The van der Waals surface area contributed by atoms with E-state index in [1.807, 2.05) is 0 Å². The molecule has 1 saturated carbocycles. The molecule has 36 heavy (non-hydrogen) atoms. The number of anilines is 1. The van der Waals surface area contributed by atoms with Crippen LogP contribution in [0.4, 0.5) is 19.4 Å². The van der Waals surface area contributed by atoms with Crippen LogP contribution in [-0.2, 0) is 16.6 Å². The summed E-state index contributed by atoms with van der Waals surface area (Å²) in [5.74, 6) is -0.621. The normalized spacial score (nSPS) is 29.3. The largest absolute Gasteiger partial charge is 0.375 e. The molecular formula is C26H33F2N5O3. The minimum atomic E-state index is -1.01. The summed E-state index contributed by atoms with van der Waals surface area (Å²) in [4.78, 5) is 27.5. The molecular weight excluding hydrogens is 468 g/mol. The Bertz CT molecular complexity index is 1180. The van der Waals surface area contributed by atoms with Crippen molar-refractivity contribution >= 4 is 28.7 Å². The van der Waals surface area contributed by atoms with Crippen LogP contribution in [0.25, 0.3) is 10.9 Å². The summed E-state index contributed by atoms with van der Waals surface area (Å²) >= 11 is 0. The number of nitrogens with zero attached hydrogens (tertiary/aromatic N) is 4. The van der Waals surface area contributed by atoms with E-state index in [0.29, 0.717) is 35.1 Å². The molecule has 4 heterocycles. The molecule has 3 unspecified atom stereocenters. The minimum absolute atomic E-state index is 0.0183. The molecule has 8 nitrogen and oxygen atoms in total. The first-order valence-electron chi connectivity index (χ1n) is 13.1. The summed E-state index contributed by atoms with van der Waals surface area (Å²) < 4.78 is 38.5. The smallest absolute Gasteiger partial charge is 0.329 e. The molecule has 3 amide bonds. The molecule has 0 bridgehead atoms.